The Hall–Kier alpha value is -1.29. The Balaban J connectivity index is 2.45. The topological polar surface area (TPSA) is 34.1 Å². The highest BCUT2D eigenvalue weighted by atomic mass is 35.5. The van der Waals surface area contributed by atoms with Gasteiger partial charge in [0.1, 0.15) is 4.36 Å². The lowest BCUT2D eigenvalue weighted by molar-refractivity contribution is 0.604. The van der Waals surface area contributed by atoms with Crippen molar-refractivity contribution < 1.29 is 8.42 Å². The molecule has 2 aromatic carbocycles. The normalized spacial score (nSPS) is 12.4. The van der Waals surface area contributed by atoms with Crippen LogP contribution in [-0.2, 0) is 9.84 Å². The lowest BCUT2D eigenvalue weighted by Gasteiger charge is -2.03. The molecule has 5 heteroatoms. The molecule has 0 aromatic heterocycles. The zero-order valence-electron chi connectivity index (χ0n) is 9.75. The van der Waals surface area contributed by atoms with E-state index in [0.717, 1.165) is 0 Å². The van der Waals surface area contributed by atoms with Crippen LogP contribution in [0.5, 0.6) is 0 Å². The molecule has 0 aliphatic heterocycles. The second-order valence-corrected chi connectivity index (χ2v) is 6.74. The van der Waals surface area contributed by atoms with Gasteiger partial charge in [0.25, 0.3) is 0 Å². The SMILES string of the molecule is O=S(=O)(/C(Cl)=C/c1ccccc1Cl)c1ccccc1. The second kappa shape index (κ2) is 5.78. The molecule has 19 heavy (non-hydrogen) atoms. The molecule has 0 radical (unpaired) electrons. The maximum atomic E-state index is 12.2. The van der Waals surface area contributed by atoms with Crippen LogP contribution in [0.3, 0.4) is 0 Å². The van der Waals surface area contributed by atoms with Gasteiger partial charge in [0.2, 0.25) is 9.84 Å². The van der Waals surface area contributed by atoms with Gasteiger partial charge in [0, 0.05) is 5.02 Å². The first-order valence-corrected chi connectivity index (χ1v) is 7.67. The summed E-state index contributed by atoms with van der Waals surface area (Å²) >= 11 is 11.9. The van der Waals surface area contributed by atoms with Gasteiger partial charge in [-0.1, -0.05) is 59.6 Å². The Kier molecular flexibility index (Phi) is 4.30. The molecule has 0 heterocycles. The highest BCUT2D eigenvalue weighted by Crippen LogP contribution is 2.26. The van der Waals surface area contributed by atoms with Gasteiger partial charge in [0.05, 0.1) is 4.90 Å². The van der Waals surface area contributed by atoms with E-state index in [0.29, 0.717) is 10.6 Å². The Morgan fingerprint density at radius 1 is 0.947 bits per heavy atom. The first-order chi connectivity index (χ1) is 9.01. The molecule has 2 nitrogen and oxygen atoms in total. The number of hydrogen-bond acceptors (Lipinski definition) is 2. The van der Waals surface area contributed by atoms with Crippen molar-refractivity contribution in [2.24, 2.45) is 0 Å². The average molecular weight is 313 g/mol. The van der Waals surface area contributed by atoms with Crippen LogP contribution >= 0.6 is 23.2 Å². The van der Waals surface area contributed by atoms with Gasteiger partial charge in [-0.25, -0.2) is 8.42 Å². The summed E-state index contributed by atoms with van der Waals surface area (Å²) < 4.78 is 24.2. The summed E-state index contributed by atoms with van der Waals surface area (Å²) in [6.07, 6.45) is 1.35. The van der Waals surface area contributed by atoms with Crippen molar-refractivity contribution in [2.75, 3.05) is 0 Å². The van der Waals surface area contributed by atoms with E-state index >= 15 is 0 Å². The molecule has 0 amide bonds. The lowest BCUT2D eigenvalue weighted by atomic mass is 10.2. The van der Waals surface area contributed by atoms with E-state index in [-0.39, 0.29) is 9.26 Å². The lowest BCUT2D eigenvalue weighted by Crippen LogP contribution is -2.00. The minimum absolute atomic E-state index is 0.156. The van der Waals surface area contributed by atoms with Gasteiger partial charge >= 0.3 is 0 Å². The minimum Gasteiger partial charge on any atom is -0.218 e. The first-order valence-electron chi connectivity index (χ1n) is 5.43. The number of rotatable bonds is 3. The molecule has 0 saturated carbocycles. The summed E-state index contributed by atoms with van der Waals surface area (Å²) in [5.41, 5.74) is 0.564. The molecule has 0 N–H and O–H groups in total. The van der Waals surface area contributed by atoms with Gasteiger partial charge in [-0.15, -0.1) is 0 Å². The molecule has 98 valence electrons. The summed E-state index contributed by atoms with van der Waals surface area (Å²) in [5, 5.41) is 0.448. The Labute approximate surface area is 122 Å². The summed E-state index contributed by atoms with van der Waals surface area (Å²) in [6, 6.07) is 14.9. The van der Waals surface area contributed by atoms with Crippen LogP contribution in [0.2, 0.25) is 5.02 Å². The van der Waals surface area contributed by atoms with E-state index in [9.17, 15) is 8.42 Å². The first kappa shape index (κ1) is 14.1. The molecular weight excluding hydrogens is 303 g/mol. The molecule has 2 rings (SSSR count). The number of benzene rings is 2. The predicted molar refractivity (Wildman–Crippen MR) is 78.9 cm³/mol. The van der Waals surface area contributed by atoms with Crippen molar-refractivity contribution in [3.05, 3.63) is 69.5 Å². The maximum absolute atomic E-state index is 12.2. The molecule has 2 aromatic rings. The average Bonchev–Trinajstić information content (AvgIpc) is 2.42. The van der Waals surface area contributed by atoms with Crippen molar-refractivity contribution in [3.63, 3.8) is 0 Å². The second-order valence-electron chi connectivity index (χ2n) is 3.79. The summed E-state index contributed by atoms with van der Waals surface area (Å²) in [6.45, 7) is 0. The van der Waals surface area contributed by atoms with Crippen LogP contribution in [0.4, 0.5) is 0 Å². The van der Waals surface area contributed by atoms with Crippen molar-refractivity contribution in [1.29, 1.82) is 0 Å². The zero-order valence-corrected chi connectivity index (χ0v) is 12.1. The number of halogens is 2. The smallest absolute Gasteiger partial charge is 0.217 e. The molecule has 0 aliphatic carbocycles. The van der Waals surface area contributed by atoms with Crippen LogP contribution in [-0.4, -0.2) is 8.42 Å². The summed E-state index contributed by atoms with van der Waals surface area (Å²) in [5.74, 6) is 0. The fourth-order valence-electron chi connectivity index (χ4n) is 1.50. The molecule has 0 atom stereocenters. The number of sulfone groups is 1. The highest BCUT2D eigenvalue weighted by molar-refractivity contribution is 7.97. The van der Waals surface area contributed by atoms with E-state index in [1.54, 1.807) is 42.5 Å². The van der Waals surface area contributed by atoms with E-state index in [1.165, 1.54) is 18.2 Å². The standard InChI is InChI=1S/C14H10Cl2O2S/c15-13-9-5-4-6-11(13)10-14(16)19(17,18)12-7-2-1-3-8-12/h1-10H/b14-10+. The minimum atomic E-state index is -3.69. The van der Waals surface area contributed by atoms with Gasteiger partial charge in [0.15, 0.2) is 0 Å². The Bertz CT molecular complexity index is 707. The van der Waals surface area contributed by atoms with E-state index in [1.807, 2.05) is 0 Å². The molecule has 0 fully saturated rings. The third kappa shape index (κ3) is 3.18. The van der Waals surface area contributed by atoms with Gasteiger partial charge in [-0.3, -0.25) is 0 Å². The zero-order chi connectivity index (χ0) is 13.9. The van der Waals surface area contributed by atoms with Crippen LogP contribution in [0.25, 0.3) is 6.08 Å². The number of hydrogen-bond donors (Lipinski definition) is 0. The van der Waals surface area contributed by atoms with Gasteiger partial charge < -0.3 is 0 Å². The van der Waals surface area contributed by atoms with Crippen LogP contribution in [0.15, 0.2) is 63.9 Å². The van der Waals surface area contributed by atoms with Gasteiger partial charge in [-0.2, -0.15) is 0 Å². The van der Waals surface area contributed by atoms with Crippen LogP contribution in [0, 0.1) is 0 Å². The molecule has 0 bridgehead atoms. The highest BCUT2D eigenvalue weighted by Gasteiger charge is 2.18. The molecule has 0 spiro atoms. The van der Waals surface area contributed by atoms with Crippen LogP contribution in [0.1, 0.15) is 5.56 Å². The Morgan fingerprint density at radius 2 is 1.53 bits per heavy atom. The monoisotopic (exact) mass is 312 g/mol. The summed E-state index contributed by atoms with van der Waals surface area (Å²) in [7, 11) is -3.69. The largest absolute Gasteiger partial charge is 0.218 e. The Morgan fingerprint density at radius 3 is 2.16 bits per heavy atom. The van der Waals surface area contributed by atoms with Crippen molar-refractivity contribution in [3.8, 4) is 0 Å². The fraction of sp³-hybridized carbons (Fsp3) is 0. The van der Waals surface area contributed by atoms with E-state index < -0.39 is 9.84 Å². The summed E-state index contributed by atoms with van der Waals surface area (Å²) in [4.78, 5) is 0.156. The molecule has 0 saturated heterocycles. The third-order valence-electron chi connectivity index (χ3n) is 2.48. The maximum Gasteiger partial charge on any atom is 0.217 e. The third-order valence-corrected chi connectivity index (χ3v) is 5.07. The van der Waals surface area contributed by atoms with Crippen molar-refractivity contribution in [2.45, 2.75) is 4.90 Å². The molecule has 0 aliphatic rings. The van der Waals surface area contributed by atoms with Gasteiger partial charge in [-0.05, 0) is 29.8 Å². The quantitative estimate of drug-likeness (QED) is 0.844. The fourth-order valence-corrected chi connectivity index (χ4v) is 3.10. The van der Waals surface area contributed by atoms with Crippen molar-refractivity contribution in [1.82, 2.24) is 0 Å². The van der Waals surface area contributed by atoms with Crippen LogP contribution < -0.4 is 0 Å². The predicted octanol–water partition coefficient (Wildman–Crippen LogP) is 4.35. The molecular formula is C14H10Cl2O2S. The van der Waals surface area contributed by atoms with E-state index in [2.05, 4.69) is 0 Å². The van der Waals surface area contributed by atoms with Crippen molar-refractivity contribution >= 4 is 39.1 Å². The van der Waals surface area contributed by atoms with E-state index in [4.69, 9.17) is 23.2 Å². The molecule has 0 unspecified atom stereocenters.